The van der Waals surface area contributed by atoms with Crippen LogP contribution in [0, 0.1) is 0 Å². The van der Waals surface area contributed by atoms with Crippen molar-refractivity contribution in [3.8, 4) is 44.9 Å². The number of fused-ring (bicyclic) bond motifs is 1. The number of rotatable bonds is 4. The maximum Gasteiger partial charge on any atom is 0.0973 e. The lowest BCUT2D eigenvalue weighted by atomic mass is 9.99. The molecule has 3 nitrogen and oxygen atoms in total. The van der Waals surface area contributed by atoms with E-state index in [0.717, 1.165) is 44.8 Å². The molecule has 34 heavy (non-hydrogen) atoms. The summed E-state index contributed by atoms with van der Waals surface area (Å²) in [6.07, 6.45) is 1.81. The third-order valence-corrected chi connectivity index (χ3v) is 5.96. The average molecular weight is 436 g/mol. The highest BCUT2D eigenvalue weighted by atomic mass is 14.8. The van der Waals surface area contributed by atoms with E-state index in [4.69, 9.17) is 9.97 Å². The molecule has 0 N–H and O–H groups in total. The third-order valence-electron chi connectivity index (χ3n) is 5.96. The van der Waals surface area contributed by atoms with Gasteiger partial charge < -0.3 is 0 Å². The largest absolute Gasteiger partial charge is 0.256 e. The summed E-state index contributed by atoms with van der Waals surface area (Å²) < 4.78 is 0. The van der Waals surface area contributed by atoms with Crippen LogP contribution in [-0.4, -0.2) is 15.0 Å². The summed E-state index contributed by atoms with van der Waals surface area (Å²) in [6.45, 7) is 0. The molecule has 0 amide bonds. The number of pyridine rings is 1. The second-order valence-electron chi connectivity index (χ2n) is 8.15. The summed E-state index contributed by atoms with van der Waals surface area (Å²) >= 11 is 0. The van der Waals surface area contributed by atoms with E-state index in [9.17, 15) is 0 Å². The Bertz CT molecular complexity index is 1440. The molecule has 6 aromatic rings. The predicted molar refractivity (Wildman–Crippen MR) is 139 cm³/mol. The molecule has 160 valence electrons. The molecule has 0 saturated heterocycles. The van der Waals surface area contributed by atoms with E-state index in [1.165, 1.54) is 11.1 Å². The highest BCUT2D eigenvalue weighted by Gasteiger charge is 2.14. The zero-order valence-corrected chi connectivity index (χ0v) is 18.5. The average Bonchev–Trinajstić information content (AvgIpc) is 2.93. The van der Waals surface area contributed by atoms with Crippen LogP contribution in [0.3, 0.4) is 0 Å². The van der Waals surface area contributed by atoms with Gasteiger partial charge in [0.15, 0.2) is 0 Å². The maximum absolute atomic E-state index is 5.03. The van der Waals surface area contributed by atoms with Gasteiger partial charge in [-0.1, -0.05) is 97.1 Å². The number of nitrogens with zero attached hydrogens (tertiary/aromatic N) is 3. The molecule has 0 atom stereocenters. The van der Waals surface area contributed by atoms with Gasteiger partial charge in [0.1, 0.15) is 0 Å². The standard InChI is InChI=1S/C31H21N3/c1-2-8-22(9-3-1)23-13-17-25(18-14-23)30-31(34-29-12-5-4-11-28(29)33-30)26-19-15-24(16-20-26)27-10-6-7-21-32-27/h1-21H. The Balaban J connectivity index is 1.46. The lowest BCUT2D eigenvalue weighted by Crippen LogP contribution is -1.95. The number of benzene rings is 4. The lowest BCUT2D eigenvalue weighted by molar-refractivity contribution is 1.29. The van der Waals surface area contributed by atoms with Crippen molar-refractivity contribution in [3.05, 3.63) is 128 Å². The van der Waals surface area contributed by atoms with Crippen LogP contribution in [0.5, 0.6) is 0 Å². The van der Waals surface area contributed by atoms with Crippen LogP contribution in [-0.2, 0) is 0 Å². The molecule has 0 saturated carbocycles. The Morgan fingerprint density at radius 2 is 0.824 bits per heavy atom. The van der Waals surface area contributed by atoms with Crippen molar-refractivity contribution in [1.82, 2.24) is 15.0 Å². The van der Waals surface area contributed by atoms with Gasteiger partial charge in [-0.15, -0.1) is 0 Å². The molecule has 3 heteroatoms. The highest BCUT2D eigenvalue weighted by Crippen LogP contribution is 2.33. The maximum atomic E-state index is 5.03. The number of hydrogen-bond donors (Lipinski definition) is 0. The van der Waals surface area contributed by atoms with Crippen molar-refractivity contribution in [2.75, 3.05) is 0 Å². The van der Waals surface area contributed by atoms with E-state index < -0.39 is 0 Å². The normalized spacial score (nSPS) is 10.9. The molecule has 2 aromatic heterocycles. The molecule has 0 aliphatic rings. The summed E-state index contributed by atoms with van der Waals surface area (Å²) in [7, 11) is 0. The van der Waals surface area contributed by atoms with Crippen molar-refractivity contribution in [3.63, 3.8) is 0 Å². The van der Waals surface area contributed by atoms with Crippen molar-refractivity contribution < 1.29 is 0 Å². The van der Waals surface area contributed by atoms with Gasteiger partial charge in [-0.2, -0.15) is 0 Å². The minimum Gasteiger partial charge on any atom is -0.256 e. The Morgan fingerprint density at radius 3 is 1.38 bits per heavy atom. The molecule has 0 aliphatic heterocycles. The van der Waals surface area contributed by atoms with Crippen LogP contribution in [0.1, 0.15) is 0 Å². The van der Waals surface area contributed by atoms with Crippen LogP contribution in [0.2, 0.25) is 0 Å². The van der Waals surface area contributed by atoms with Crippen LogP contribution >= 0.6 is 0 Å². The topological polar surface area (TPSA) is 38.7 Å². The number of aromatic nitrogens is 3. The van der Waals surface area contributed by atoms with E-state index >= 15 is 0 Å². The fourth-order valence-corrected chi connectivity index (χ4v) is 4.19. The summed E-state index contributed by atoms with van der Waals surface area (Å²) in [5, 5.41) is 0. The Morgan fingerprint density at radius 1 is 0.353 bits per heavy atom. The van der Waals surface area contributed by atoms with E-state index in [0.29, 0.717) is 0 Å². The Labute approximate surface area is 198 Å². The van der Waals surface area contributed by atoms with Crippen molar-refractivity contribution in [1.29, 1.82) is 0 Å². The number of hydrogen-bond acceptors (Lipinski definition) is 3. The van der Waals surface area contributed by atoms with Crippen molar-refractivity contribution in [2.24, 2.45) is 0 Å². The summed E-state index contributed by atoms with van der Waals surface area (Å²) in [5.41, 5.74) is 10.0. The van der Waals surface area contributed by atoms with E-state index in [1.54, 1.807) is 0 Å². The van der Waals surface area contributed by atoms with Gasteiger partial charge in [-0.25, -0.2) is 9.97 Å². The second kappa shape index (κ2) is 8.72. The lowest BCUT2D eigenvalue weighted by Gasteiger charge is -2.12. The fraction of sp³-hybridized carbons (Fsp3) is 0. The zero-order valence-electron chi connectivity index (χ0n) is 18.5. The Kier molecular flexibility index (Phi) is 5.13. The van der Waals surface area contributed by atoms with Crippen LogP contribution in [0.4, 0.5) is 0 Å². The molecule has 0 fully saturated rings. The zero-order chi connectivity index (χ0) is 22.7. The van der Waals surface area contributed by atoms with Crippen LogP contribution < -0.4 is 0 Å². The summed E-state index contributed by atoms with van der Waals surface area (Å²) in [5.74, 6) is 0. The quantitative estimate of drug-likeness (QED) is 0.285. The van der Waals surface area contributed by atoms with E-state index in [-0.39, 0.29) is 0 Å². The predicted octanol–water partition coefficient (Wildman–Crippen LogP) is 7.69. The van der Waals surface area contributed by atoms with Gasteiger partial charge in [0.05, 0.1) is 28.1 Å². The molecule has 6 rings (SSSR count). The van der Waals surface area contributed by atoms with Gasteiger partial charge in [-0.05, 0) is 35.4 Å². The molecular weight excluding hydrogens is 414 g/mol. The summed E-state index contributed by atoms with van der Waals surface area (Å²) in [4.78, 5) is 14.5. The second-order valence-corrected chi connectivity index (χ2v) is 8.15. The smallest absolute Gasteiger partial charge is 0.0973 e. The molecule has 4 aromatic carbocycles. The van der Waals surface area contributed by atoms with Crippen molar-refractivity contribution in [2.45, 2.75) is 0 Å². The van der Waals surface area contributed by atoms with Gasteiger partial charge >= 0.3 is 0 Å². The van der Waals surface area contributed by atoms with Crippen molar-refractivity contribution >= 4 is 11.0 Å². The third kappa shape index (κ3) is 3.84. The first kappa shape index (κ1) is 20.0. The first-order valence-electron chi connectivity index (χ1n) is 11.3. The monoisotopic (exact) mass is 435 g/mol. The molecule has 0 bridgehead atoms. The minimum absolute atomic E-state index is 0.874. The van der Waals surface area contributed by atoms with Gasteiger partial charge in [0, 0.05) is 22.9 Å². The molecule has 0 spiro atoms. The molecule has 2 heterocycles. The fourth-order valence-electron chi connectivity index (χ4n) is 4.19. The molecule has 0 unspecified atom stereocenters. The minimum atomic E-state index is 0.874. The van der Waals surface area contributed by atoms with Gasteiger partial charge in [0.25, 0.3) is 0 Å². The van der Waals surface area contributed by atoms with E-state index in [2.05, 4.69) is 77.8 Å². The number of para-hydroxylation sites is 2. The molecule has 0 radical (unpaired) electrons. The SMILES string of the molecule is c1ccc(-c2ccc(-c3nc4ccccc4nc3-c3ccc(-c4ccccn4)cc3)cc2)cc1. The molecular formula is C31H21N3. The summed E-state index contributed by atoms with van der Waals surface area (Å²) in [6, 6.07) is 41.3. The van der Waals surface area contributed by atoms with Crippen LogP contribution in [0.15, 0.2) is 128 Å². The highest BCUT2D eigenvalue weighted by molar-refractivity contribution is 5.87. The first-order valence-corrected chi connectivity index (χ1v) is 11.3. The van der Waals surface area contributed by atoms with E-state index in [1.807, 2.05) is 54.7 Å². The Hall–Kier alpha value is -4.63. The van der Waals surface area contributed by atoms with Gasteiger partial charge in [-0.3, -0.25) is 4.98 Å². The first-order chi connectivity index (χ1) is 16.8. The van der Waals surface area contributed by atoms with Gasteiger partial charge in [0.2, 0.25) is 0 Å². The molecule has 0 aliphatic carbocycles. The van der Waals surface area contributed by atoms with Crippen LogP contribution in [0.25, 0.3) is 55.9 Å².